The molecule has 0 radical (unpaired) electrons. The Hall–Kier alpha value is -3.57. The minimum absolute atomic E-state index is 0.00931. The van der Waals surface area contributed by atoms with Gasteiger partial charge in [-0.25, -0.2) is 8.42 Å². The van der Waals surface area contributed by atoms with E-state index < -0.39 is 15.7 Å². The molecule has 0 heterocycles. The van der Waals surface area contributed by atoms with Crippen LogP contribution in [0.4, 0.5) is 0 Å². The van der Waals surface area contributed by atoms with Crippen molar-refractivity contribution in [2.75, 3.05) is 26.2 Å². The van der Waals surface area contributed by atoms with Crippen molar-refractivity contribution >= 4 is 21.8 Å². The lowest BCUT2D eigenvalue weighted by atomic mass is 9.98. The van der Waals surface area contributed by atoms with E-state index in [-0.39, 0.29) is 67.4 Å². The van der Waals surface area contributed by atoms with Crippen LogP contribution >= 0.6 is 0 Å². The fourth-order valence-electron chi connectivity index (χ4n) is 4.90. The molecule has 0 aromatic heterocycles. The van der Waals surface area contributed by atoms with E-state index in [4.69, 9.17) is 0 Å². The lowest BCUT2D eigenvalue weighted by molar-refractivity contribution is -0.124. The Morgan fingerprint density at radius 1 is 0.818 bits per heavy atom. The van der Waals surface area contributed by atoms with E-state index in [0.717, 1.165) is 11.1 Å². The first-order valence-corrected chi connectivity index (χ1v) is 16.6. The van der Waals surface area contributed by atoms with Crippen molar-refractivity contribution in [3.8, 4) is 0 Å². The van der Waals surface area contributed by atoms with E-state index in [9.17, 15) is 23.1 Å². The Labute approximate surface area is 262 Å². The second kappa shape index (κ2) is 17.1. The summed E-state index contributed by atoms with van der Waals surface area (Å²) in [6, 6.07) is 27.1. The Bertz CT molecular complexity index is 1410. The molecule has 2 unspecified atom stereocenters. The van der Waals surface area contributed by atoms with Crippen LogP contribution in [0.1, 0.15) is 44.7 Å². The van der Waals surface area contributed by atoms with Crippen LogP contribution < -0.4 is 16.0 Å². The first kappa shape index (κ1) is 34.9. The summed E-state index contributed by atoms with van der Waals surface area (Å²) in [7, 11) is -4.06. The molecular formula is C34H46N4O5S. The quantitative estimate of drug-likeness (QED) is 0.160. The summed E-state index contributed by atoms with van der Waals surface area (Å²) in [6.45, 7) is 6.95. The maximum Gasteiger partial charge on any atom is 0.245 e. The Kier molecular flexibility index (Phi) is 13.5. The number of amides is 2. The molecule has 0 aliphatic heterocycles. The van der Waals surface area contributed by atoms with Crippen LogP contribution in [0.25, 0.3) is 0 Å². The largest absolute Gasteiger partial charge is 0.374 e. The molecule has 44 heavy (non-hydrogen) atoms. The smallest absolute Gasteiger partial charge is 0.245 e. The number of sulfonamides is 1. The zero-order valence-corrected chi connectivity index (χ0v) is 26.7. The third-order valence-electron chi connectivity index (χ3n) is 7.14. The van der Waals surface area contributed by atoms with Crippen molar-refractivity contribution in [2.45, 2.75) is 57.2 Å². The number of hydrogen-bond donors (Lipinski definition) is 4. The molecule has 3 aromatic carbocycles. The summed E-state index contributed by atoms with van der Waals surface area (Å²) in [6.07, 6.45) is 0.223. The molecule has 2 atom stereocenters. The zero-order chi connectivity index (χ0) is 32.0. The van der Waals surface area contributed by atoms with Gasteiger partial charge in [0.05, 0.1) is 11.4 Å². The van der Waals surface area contributed by atoms with Crippen molar-refractivity contribution in [3.05, 3.63) is 102 Å². The number of hydrogen-bond acceptors (Lipinski definition) is 6. The number of benzene rings is 3. The highest BCUT2D eigenvalue weighted by Crippen LogP contribution is 2.30. The normalized spacial score (nSPS) is 13.8. The SMILES string of the molecule is CC(C)CN(C(O)(CCNC(=O)CC(C)CNC(=O)CNCc1ccccc1)Cc1ccccc1)S(=O)(=O)c1ccccc1. The van der Waals surface area contributed by atoms with Crippen molar-refractivity contribution in [3.63, 3.8) is 0 Å². The molecule has 4 N–H and O–H groups in total. The van der Waals surface area contributed by atoms with Crippen molar-refractivity contribution in [1.82, 2.24) is 20.3 Å². The van der Waals surface area contributed by atoms with E-state index in [1.807, 2.05) is 81.4 Å². The van der Waals surface area contributed by atoms with Crippen LogP contribution in [0.5, 0.6) is 0 Å². The summed E-state index contributed by atoms with van der Waals surface area (Å²) in [5, 5.41) is 20.9. The second-order valence-corrected chi connectivity index (χ2v) is 13.6. The van der Waals surface area contributed by atoms with Crippen LogP contribution in [-0.2, 0) is 32.6 Å². The number of nitrogens with zero attached hydrogens (tertiary/aromatic N) is 1. The van der Waals surface area contributed by atoms with Gasteiger partial charge in [-0.15, -0.1) is 0 Å². The Morgan fingerprint density at radius 3 is 1.98 bits per heavy atom. The summed E-state index contributed by atoms with van der Waals surface area (Å²) >= 11 is 0. The lowest BCUT2D eigenvalue weighted by Gasteiger charge is -2.40. The molecule has 0 fully saturated rings. The standard InChI is InChI=1S/C34H46N4O5S/c1-27(2)26-38(44(42,43)31-17-11-6-12-18-31)34(41,22-29-13-7-4-8-14-29)19-20-36-32(39)21-28(3)23-37-33(40)25-35-24-30-15-9-5-10-16-30/h4-18,27-28,35,41H,19-26H2,1-3H3,(H,36,39)(H,37,40). The number of carbonyl (C=O) groups excluding carboxylic acids is 2. The Balaban J connectivity index is 1.59. The highest BCUT2D eigenvalue weighted by molar-refractivity contribution is 7.89. The molecule has 0 aliphatic rings. The summed E-state index contributed by atoms with van der Waals surface area (Å²) in [5.74, 6) is -0.566. The predicted octanol–water partition coefficient (Wildman–Crippen LogP) is 3.70. The van der Waals surface area contributed by atoms with Gasteiger partial charge in [0.1, 0.15) is 5.72 Å². The lowest BCUT2D eigenvalue weighted by Crippen LogP contribution is -2.55. The molecule has 0 spiro atoms. The topological polar surface area (TPSA) is 128 Å². The first-order valence-electron chi connectivity index (χ1n) is 15.1. The number of rotatable bonds is 18. The van der Waals surface area contributed by atoms with Gasteiger partial charge < -0.3 is 21.1 Å². The van der Waals surface area contributed by atoms with Crippen molar-refractivity contribution in [2.24, 2.45) is 11.8 Å². The molecule has 3 rings (SSSR count). The van der Waals surface area contributed by atoms with Crippen LogP contribution in [0.15, 0.2) is 95.9 Å². The van der Waals surface area contributed by atoms with Gasteiger partial charge in [-0.05, 0) is 35.1 Å². The summed E-state index contributed by atoms with van der Waals surface area (Å²) < 4.78 is 28.9. The molecule has 0 bridgehead atoms. The third-order valence-corrected chi connectivity index (χ3v) is 9.08. The van der Waals surface area contributed by atoms with Gasteiger partial charge in [-0.3, -0.25) is 9.59 Å². The number of nitrogens with one attached hydrogen (secondary N) is 3. The van der Waals surface area contributed by atoms with Crippen molar-refractivity contribution < 1.29 is 23.1 Å². The van der Waals surface area contributed by atoms with Gasteiger partial charge in [-0.2, -0.15) is 4.31 Å². The summed E-state index contributed by atoms with van der Waals surface area (Å²) in [5.41, 5.74) is 0.0758. The van der Waals surface area contributed by atoms with E-state index in [0.29, 0.717) is 13.1 Å². The van der Waals surface area contributed by atoms with Gasteiger partial charge in [0.15, 0.2) is 0 Å². The summed E-state index contributed by atoms with van der Waals surface area (Å²) in [4.78, 5) is 25.1. The average molecular weight is 623 g/mol. The second-order valence-electron chi connectivity index (χ2n) is 11.7. The van der Waals surface area contributed by atoms with E-state index >= 15 is 0 Å². The average Bonchev–Trinajstić information content (AvgIpc) is 3.00. The van der Waals surface area contributed by atoms with Gasteiger partial charge in [-0.1, -0.05) is 99.6 Å². The van der Waals surface area contributed by atoms with E-state index in [2.05, 4.69) is 16.0 Å². The fourth-order valence-corrected chi connectivity index (χ4v) is 6.75. The van der Waals surface area contributed by atoms with Crippen LogP contribution in [-0.4, -0.2) is 61.5 Å². The fraction of sp³-hybridized carbons (Fsp3) is 0.412. The van der Waals surface area contributed by atoms with E-state index in [1.54, 1.807) is 18.2 Å². The highest BCUT2D eigenvalue weighted by Gasteiger charge is 2.43. The molecule has 0 saturated heterocycles. The molecular weight excluding hydrogens is 576 g/mol. The van der Waals surface area contributed by atoms with Crippen LogP contribution in [0.2, 0.25) is 0 Å². The first-order chi connectivity index (χ1) is 21.0. The third kappa shape index (κ3) is 11.2. The van der Waals surface area contributed by atoms with Crippen LogP contribution in [0.3, 0.4) is 0 Å². The molecule has 10 heteroatoms. The molecule has 2 amide bonds. The van der Waals surface area contributed by atoms with Crippen molar-refractivity contribution in [1.29, 1.82) is 0 Å². The van der Waals surface area contributed by atoms with E-state index in [1.165, 1.54) is 16.4 Å². The minimum atomic E-state index is -4.06. The minimum Gasteiger partial charge on any atom is -0.374 e. The maximum absolute atomic E-state index is 13.9. The molecule has 3 aromatic rings. The number of aliphatic hydroxyl groups is 1. The number of carbonyl (C=O) groups is 2. The zero-order valence-electron chi connectivity index (χ0n) is 25.9. The molecule has 9 nitrogen and oxygen atoms in total. The molecule has 0 saturated carbocycles. The van der Waals surface area contributed by atoms with Gasteiger partial charge in [0.25, 0.3) is 0 Å². The van der Waals surface area contributed by atoms with Gasteiger partial charge in [0.2, 0.25) is 21.8 Å². The Morgan fingerprint density at radius 2 is 1.39 bits per heavy atom. The molecule has 238 valence electrons. The van der Waals surface area contributed by atoms with Crippen LogP contribution in [0, 0.1) is 11.8 Å². The van der Waals surface area contributed by atoms with Gasteiger partial charge in [0, 0.05) is 45.4 Å². The predicted molar refractivity (Wildman–Crippen MR) is 173 cm³/mol. The molecule has 0 aliphatic carbocycles. The monoisotopic (exact) mass is 622 g/mol. The maximum atomic E-state index is 13.9. The van der Waals surface area contributed by atoms with Gasteiger partial charge >= 0.3 is 0 Å². The highest BCUT2D eigenvalue weighted by atomic mass is 32.2.